The Kier molecular flexibility index (Phi) is 6.42. The van der Waals surface area contributed by atoms with Crippen LogP contribution >= 0.6 is 0 Å². The van der Waals surface area contributed by atoms with Crippen molar-refractivity contribution in [3.05, 3.63) is 0 Å². The first-order chi connectivity index (χ1) is 5.56. The van der Waals surface area contributed by atoms with E-state index in [1.807, 2.05) is 0 Å². The third-order valence-electron chi connectivity index (χ3n) is 1.66. The van der Waals surface area contributed by atoms with E-state index >= 15 is 0 Å². The van der Waals surface area contributed by atoms with Crippen LogP contribution in [-0.4, -0.2) is 14.1 Å². The number of hydrogen-bond acceptors (Lipinski definition) is 1. The van der Waals surface area contributed by atoms with E-state index < -0.39 is 9.99 Å². The number of unbranched alkanes of at least 4 members (excludes halogenated alkanes) is 5. The fourth-order valence-corrected chi connectivity index (χ4v) is 1.50. The zero-order chi connectivity index (χ0) is 9.45. The Labute approximate surface area is 75.3 Å². The Morgan fingerprint density at radius 1 is 1.33 bits per heavy atom. The summed E-state index contributed by atoms with van der Waals surface area (Å²) < 4.78 is 19.2. The van der Waals surface area contributed by atoms with E-state index in [0.717, 1.165) is 12.8 Å². The summed E-state index contributed by atoms with van der Waals surface area (Å²) in [6.07, 6.45) is 6.42. The van der Waals surface area contributed by atoms with Gasteiger partial charge in [0.1, 0.15) is 9.99 Å². The highest BCUT2D eigenvalue weighted by Gasteiger charge is 1.90. The van der Waals surface area contributed by atoms with Gasteiger partial charge in [-0.15, -0.1) is 0 Å². The summed E-state index contributed by atoms with van der Waals surface area (Å²) in [5, 5.41) is 6.21. The maximum absolute atomic E-state index is 10.6. The van der Waals surface area contributed by atoms with Crippen LogP contribution in [-0.2, 0) is 9.99 Å². The fourth-order valence-electron chi connectivity index (χ4n) is 1.00. The van der Waals surface area contributed by atoms with Crippen LogP contribution in [0.1, 0.15) is 45.4 Å². The van der Waals surface area contributed by atoms with Gasteiger partial charge in [0.15, 0.2) is 0 Å². The van der Waals surface area contributed by atoms with Crippen LogP contribution < -0.4 is 5.14 Å². The third kappa shape index (κ3) is 9.94. The Morgan fingerprint density at radius 3 is 2.42 bits per heavy atom. The van der Waals surface area contributed by atoms with Gasteiger partial charge in [-0.25, -0.2) is 9.35 Å². The molecule has 0 amide bonds. The fraction of sp³-hybridized carbons (Fsp3) is 0.875. The number of hydrogen-bond donors (Lipinski definition) is 2. The molecule has 3 nitrogen and oxygen atoms in total. The van der Waals surface area contributed by atoms with E-state index in [9.17, 15) is 4.21 Å². The molecule has 0 aromatic rings. The van der Waals surface area contributed by atoms with Gasteiger partial charge in [-0.05, 0) is 12.8 Å². The molecule has 1 unspecified atom stereocenters. The topological polar surface area (TPSA) is 63.3 Å². The van der Waals surface area contributed by atoms with Crippen molar-refractivity contribution < 1.29 is 8.76 Å². The van der Waals surface area contributed by atoms with Gasteiger partial charge >= 0.3 is 0 Å². The first-order valence-corrected chi connectivity index (χ1v) is 6.08. The lowest BCUT2D eigenvalue weighted by Crippen LogP contribution is -2.13. The second-order valence-electron chi connectivity index (χ2n) is 2.98. The molecule has 3 N–H and O–H groups in total. The van der Waals surface area contributed by atoms with E-state index in [1.165, 1.54) is 24.6 Å². The van der Waals surface area contributed by atoms with Crippen molar-refractivity contribution in [1.29, 1.82) is 0 Å². The lowest BCUT2D eigenvalue weighted by atomic mass is 10.1. The Bertz CT molecular complexity index is 199. The van der Waals surface area contributed by atoms with Crippen LogP contribution in [0, 0.1) is 0 Å². The van der Waals surface area contributed by atoms with Crippen molar-refractivity contribution in [3.8, 4) is 0 Å². The number of nitrogens with two attached hydrogens (primary N) is 1. The van der Waals surface area contributed by atoms with Crippen LogP contribution in [0.25, 0.3) is 0 Å². The molecule has 0 rings (SSSR count). The first-order valence-electron chi connectivity index (χ1n) is 4.44. The molecule has 0 radical (unpaired) electrons. The highest BCUT2D eigenvalue weighted by atomic mass is 32.2. The summed E-state index contributed by atoms with van der Waals surface area (Å²) in [6.45, 7) is 2.16. The van der Waals surface area contributed by atoms with Crippen molar-refractivity contribution in [2.45, 2.75) is 45.4 Å². The van der Waals surface area contributed by atoms with Gasteiger partial charge in [0.05, 0.1) is 0 Å². The lowest BCUT2D eigenvalue weighted by Gasteiger charge is -1.97. The molecule has 0 spiro atoms. The molecule has 0 aliphatic rings. The van der Waals surface area contributed by atoms with Gasteiger partial charge in [0.25, 0.3) is 0 Å². The second-order valence-corrected chi connectivity index (χ2v) is 4.54. The molecule has 74 valence electrons. The normalized spacial score (nSPS) is 15.6. The van der Waals surface area contributed by atoms with Gasteiger partial charge in [0, 0.05) is 5.37 Å². The predicted molar refractivity (Wildman–Crippen MR) is 54.4 cm³/mol. The van der Waals surface area contributed by atoms with E-state index in [-0.39, 0.29) is 0 Å². The van der Waals surface area contributed by atoms with Crippen LogP contribution in [0.3, 0.4) is 0 Å². The van der Waals surface area contributed by atoms with E-state index in [4.69, 9.17) is 9.69 Å². The van der Waals surface area contributed by atoms with Crippen LogP contribution in [0.15, 0.2) is 0 Å². The molecule has 0 saturated carbocycles. The van der Waals surface area contributed by atoms with Gasteiger partial charge in [-0.3, -0.25) is 0 Å². The van der Waals surface area contributed by atoms with Gasteiger partial charge in [-0.2, -0.15) is 0 Å². The largest absolute Gasteiger partial charge is 0.303 e. The molecule has 0 fully saturated rings. The Balaban J connectivity index is 3.28. The molecule has 12 heavy (non-hydrogen) atoms. The number of rotatable bonds is 6. The standard InChI is InChI=1S/C8H19NO2S/c1-2-3-4-5-6-7-8-12(9,10)11/h8H,2-7H2,1H3,(H3,9,10,11). The van der Waals surface area contributed by atoms with Crippen LogP contribution in [0.2, 0.25) is 0 Å². The summed E-state index contributed by atoms with van der Waals surface area (Å²) in [5.74, 6) is 0. The average molecular weight is 193 g/mol. The zero-order valence-corrected chi connectivity index (χ0v) is 8.48. The zero-order valence-electron chi connectivity index (χ0n) is 7.66. The second kappa shape index (κ2) is 6.46. The van der Waals surface area contributed by atoms with Crippen molar-refractivity contribution >= 4 is 15.4 Å². The smallest absolute Gasteiger partial charge is 0.138 e. The summed E-state index contributed by atoms with van der Waals surface area (Å²) in [4.78, 5) is 0. The SMILES string of the molecule is CCCCCCCC=S(N)(=O)O. The van der Waals surface area contributed by atoms with Crippen LogP contribution in [0.4, 0.5) is 0 Å². The molecule has 0 aromatic heterocycles. The minimum atomic E-state index is -3.09. The molecule has 4 heteroatoms. The monoisotopic (exact) mass is 193 g/mol. The molecule has 0 aromatic carbocycles. The first kappa shape index (κ1) is 11.9. The summed E-state index contributed by atoms with van der Waals surface area (Å²) in [6, 6.07) is 0. The molecule has 0 saturated heterocycles. The van der Waals surface area contributed by atoms with Gasteiger partial charge < -0.3 is 4.55 Å². The van der Waals surface area contributed by atoms with E-state index in [1.54, 1.807) is 0 Å². The van der Waals surface area contributed by atoms with Crippen molar-refractivity contribution in [1.82, 2.24) is 0 Å². The summed E-state index contributed by atoms with van der Waals surface area (Å²) >= 11 is 0. The minimum Gasteiger partial charge on any atom is -0.303 e. The molecule has 0 heterocycles. The summed E-state index contributed by atoms with van der Waals surface area (Å²) in [5.41, 5.74) is 0. The molecular formula is C8H19NO2S. The lowest BCUT2D eigenvalue weighted by molar-refractivity contribution is 0.561. The van der Waals surface area contributed by atoms with Crippen molar-refractivity contribution in [2.24, 2.45) is 5.14 Å². The Hall–Kier alpha value is -0.0600. The predicted octanol–water partition coefficient (Wildman–Crippen LogP) is 1.78. The highest BCUT2D eigenvalue weighted by molar-refractivity contribution is 7.93. The van der Waals surface area contributed by atoms with E-state index in [0.29, 0.717) is 6.42 Å². The van der Waals surface area contributed by atoms with E-state index in [2.05, 4.69) is 6.92 Å². The molecule has 0 aliphatic carbocycles. The highest BCUT2D eigenvalue weighted by Crippen LogP contribution is 2.03. The van der Waals surface area contributed by atoms with Gasteiger partial charge in [0.2, 0.25) is 0 Å². The minimum absolute atomic E-state index is 0.648. The Morgan fingerprint density at radius 2 is 1.92 bits per heavy atom. The average Bonchev–Trinajstić information content (AvgIpc) is 1.94. The molecule has 0 aliphatic heterocycles. The summed E-state index contributed by atoms with van der Waals surface area (Å²) in [7, 11) is -3.09. The van der Waals surface area contributed by atoms with Crippen LogP contribution in [0.5, 0.6) is 0 Å². The molecular weight excluding hydrogens is 174 g/mol. The van der Waals surface area contributed by atoms with Crippen molar-refractivity contribution in [3.63, 3.8) is 0 Å². The van der Waals surface area contributed by atoms with Gasteiger partial charge in [-0.1, -0.05) is 32.6 Å². The quantitative estimate of drug-likeness (QED) is 0.499. The molecule has 1 atom stereocenters. The maximum atomic E-state index is 10.6. The third-order valence-corrected chi connectivity index (χ3v) is 2.38. The molecule has 0 bridgehead atoms. The maximum Gasteiger partial charge on any atom is 0.138 e. The van der Waals surface area contributed by atoms with Crippen molar-refractivity contribution in [2.75, 3.05) is 0 Å².